The summed E-state index contributed by atoms with van der Waals surface area (Å²) in [5, 5.41) is 5.34. The van der Waals surface area contributed by atoms with E-state index in [0.717, 1.165) is 16.9 Å². The number of rotatable bonds is 4. The Morgan fingerprint density at radius 3 is 2.44 bits per heavy atom. The van der Waals surface area contributed by atoms with Crippen LogP contribution in [0, 0.1) is 0 Å². The fraction of sp³-hybridized carbons (Fsp3) is 0. The molecule has 0 aliphatic heterocycles. The topological polar surface area (TPSA) is 59.8 Å². The summed E-state index contributed by atoms with van der Waals surface area (Å²) in [4.78, 5) is 20.9. The van der Waals surface area contributed by atoms with Crippen molar-refractivity contribution in [1.82, 2.24) is 14.5 Å². The lowest BCUT2D eigenvalue weighted by molar-refractivity contribution is 0.102. The van der Waals surface area contributed by atoms with E-state index in [-0.39, 0.29) is 5.91 Å². The number of pyridine rings is 1. The average molecular weight is 346 g/mol. The third-order valence-corrected chi connectivity index (χ3v) is 4.49. The number of nitrogens with one attached hydrogen (secondary N) is 1. The highest BCUT2D eigenvalue weighted by molar-refractivity contribution is 7.14. The molecule has 0 aliphatic rings. The van der Waals surface area contributed by atoms with Crippen LogP contribution in [0.2, 0.25) is 0 Å². The number of nitrogens with zero attached hydrogens (tertiary/aromatic N) is 3. The number of thiazole rings is 1. The van der Waals surface area contributed by atoms with Gasteiger partial charge in [0.05, 0.1) is 5.69 Å². The van der Waals surface area contributed by atoms with Crippen molar-refractivity contribution in [3.05, 3.63) is 84.3 Å². The monoisotopic (exact) mass is 346 g/mol. The second-order valence-corrected chi connectivity index (χ2v) is 6.22. The fourth-order valence-corrected chi connectivity index (χ4v) is 3.16. The molecule has 0 atom stereocenters. The van der Waals surface area contributed by atoms with E-state index in [1.165, 1.54) is 11.3 Å². The van der Waals surface area contributed by atoms with Gasteiger partial charge in [0.25, 0.3) is 5.91 Å². The zero-order chi connectivity index (χ0) is 17.1. The first-order chi connectivity index (χ1) is 12.3. The summed E-state index contributed by atoms with van der Waals surface area (Å²) in [6.45, 7) is 0. The molecule has 0 saturated heterocycles. The number of amides is 1. The second kappa shape index (κ2) is 6.70. The highest BCUT2D eigenvalue weighted by Crippen LogP contribution is 2.24. The molecule has 122 valence electrons. The molecular weight excluding hydrogens is 332 g/mol. The molecule has 1 N–H and O–H groups in total. The van der Waals surface area contributed by atoms with Crippen LogP contribution in [0.3, 0.4) is 0 Å². The van der Waals surface area contributed by atoms with Crippen molar-refractivity contribution in [3.63, 3.8) is 0 Å². The van der Waals surface area contributed by atoms with Crippen LogP contribution in [0.15, 0.2) is 78.7 Å². The van der Waals surface area contributed by atoms with Crippen molar-refractivity contribution >= 4 is 22.4 Å². The smallest absolute Gasteiger partial charge is 0.257 e. The van der Waals surface area contributed by atoms with Crippen LogP contribution >= 0.6 is 11.3 Å². The Morgan fingerprint density at radius 2 is 1.72 bits per heavy atom. The van der Waals surface area contributed by atoms with Gasteiger partial charge in [-0.3, -0.25) is 15.1 Å². The molecule has 0 aliphatic carbocycles. The highest BCUT2D eigenvalue weighted by Gasteiger charge is 2.10. The normalized spacial score (nSPS) is 10.6. The molecule has 3 heterocycles. The van der Waals surface area contributed by atoms with Crippen LogP contribution in [-0.4, -0.2) is 20.4 Å². The van der Waals surface area contributed by atoms with Crippen molar-refractivity contribution in [2.75, 3.05) is 5.32 Å². The van der Waals surface area contributed by atoms with Gasteiger partial charge in [0.2, 0.25) is 0 Å². The maximum Gasteiger partial charge on any atom is 0.257 e. The van der Waals surface area contributed by atoms with Crippen molar-refractivity contribution in [2.24, 2.45) is 0 Å². The minimum atomic E-state index is -0.172. The molecule has 5 nitrogen and oxygen atoms in total. The number of hydrogen-bond donors (Lipinski definition) is 1. The van der Waals surface area contributed by atoms with Gasteiger partial charge in [-0.2, -0.15) is 0 Å². The Kier molecular flexibility index (Phi) is 4.10. The Labute approximate surface area is 148 Å². The molecule has 0 fully saturated rings. The summed E-state index contributed by atoms with van der Waals surface area (Å²) in [5.41, 5.74) is 3.40. The summed E-state index contributed by atoms with van der Waals surface area (Å²) >= 11 is 1.40. The number of anilines is 1. The zero-order valence-electron chi connectivity index (χ0n) is 13.2. The Bertz CT molecular complexity index is 976. The van der Waals surface area contributed by atoms with E-state index in [1.54, 1.807) is 12.4 Å². The number of aromatic nitrogens is 3. The van der Waals surface area contributed by atoms with Gasteiger partial charge in [0.1, 0.15) is 0 Å². The molecular formula is C19H14N4OS. The Hall–Kier alpha value is -3.25. The molecule has 25 heavy (non-hydrogen) atoms. The van der Waals surface area contributed by atoms with Crippen LogP contribution in [0.4, 0.5) is 5.13 Å². The SMILES string of the molecule is O=C(Nc1nc(-c2ccncc2)cs1)c1ccc(-n2cccc2)cc1. The van der Waals surface area contributed by atoms with E-state index < -0.39 is 0 Å². The molecule has 0 radical (unpaired) electrons. The molecule has 0 saturated carbocycles. The van der Waals surface area contributed by atoms with Crippen LogP contribution in [-0.2, 0) is 0 Å². The van der Waals surface area contributed by atoms with Crippen molar-refractivity contribution in [3.8, 4) is 16.9 Å². The van der Waals surface area contributed by atoms with Gasteiger partial charge in [-0.05, 0) is 48.5 Å². The van der Waals surface area contributed by atoms with Gasteiger partial charge in [-0.15, -0.1) is 11.3 Å². The summed E-state index contributed by atoms with van der Waals surface area (Å²) in [6, 6.07) is 15.1. The van der Waals surface area contributed by atoms with E-state index >= 15 is 0 Å². The predicted octanol–water partition coefficient (Wildman–Crippen LogP) is 4.25. The standard InChI is InChI=1S/C19H14N4OS/c24-18(15-3-5-16(6-4-15)23-11-1-2-12-23)22-19-21-17(13-25-19)14-7-9-20-10-8-14/h1-13H,(H,21,22,24). The van der Waals surface area contributed by atoms with Gasteiger partial charge in [0, 0.05) is 47.0 Å². The quantitative estimate of drug-likeness (QED) is 0.601. The second-order valence-electron chi connectivity index (χ2n) is 5.37. The molecule has 0 unspecified atom stereocenters. The van der Waals surface area contributed by atoms with E-state index in [2.05, 4.69) is 15.3 Å². The van der Waals surface area contributed by atoms with Gasteiger partial charge in [0.15, 0.2) is 5.13 Å². The molecule has 4 aromatic rings. The van der Waals surface area contributed by atoms with E-state index in [1.807, 2.05) is 70.9 Å². The molecule has 0 bridgehead atoms. The largest absolute Gasteiger partial charge is 0.324 e. The third-order valence-electron chi connectivity index (χ3n) is 3.73. The maximum absolute atomic E-state index is 12.4. The molecule has 1 aromatic carbocycles. The third kappa shape index (κ3) is 3.34. The lowest BCUT2D eigenvalue weighted by Crippen LogP contribution is -2.11. The first kappa shape index (κ1) is 15.3. The minimum absolute atomic E-state index is 0.172. The van der Waals surface area contributed by atoms with E-state index in [4.69, 9.17) is 0 Å². The first-order valence-electron chi connectivity index (χ1n) is 7.70. The van der Waals surface area contributed by atoms with Crippen molar-refractivity contribution < 1.29 is 4.79 Å². The lowest BCUT2D eigenvalue weighted by Gasteiger charge is -2.05. The average Bonchev–Trinajstić information content (AvgIpc) is 3.35. The maximum atomic E-state index is 12.4. The lowest BCUT2D eigenvalue weighted by atomic mass is 10.2. The Morgan fingerprint density at radius 1 is 1.00 bits per heavy atom. The summed E-state index contributed by atoms with van der Waals surface area (Å²) in [7, 11) is 0. The number of hydrogen-bond acceptors (Lipinski definition) is 4. The molecule has 4 rings (SSSR count). The molecule has 3 aromatic heterocycles. The number of carbonyl (C=O) groups excluding carboxylic acids is 1. The van der Waals surface area contributed by atoms with Crippen molar-refractivity contribution in [2.45, 2.75) is 0 Å². The predicted molar refractivity (Wildman–Crippen MR) is 99.1 cm³/mol. The number of benzene rings is 1. The van der Waals surface area contributed by atoms with Crippen LogP contribution in [0.25, 0.3) is 16.9 Å². The van der Waals surface area contributed by atoms with Gasteiger partial charge >= 0.3 is 0 Å². The summed E-state index contributed by atoms with van der Waals surface area (Å²) in [6.07, 6.45) is 7.37. The fourth-order valence-electron chi connectivity index (χ4n) is 2.45. The van der Waals surface area contributed by atoms with Gasteiger partial charge < -0.3 is 4.57 Å². The van der Waals surface area contributed by atoms with Gasteiger partial charge in [-0.1, -0.05) is 0 Å². The highest BCUT2D eigenvalue weighted by atomic mass is 32.1. The summed E-state index contributed by atoms with van der Waals surface area (Å²) < 4.78 is 1.99. The van der Waals surface area contributed by atoms with Gasteiger partial charge in [-0.25, -0.2) is 4.98 Å². The van der Waals surface area contributed by atoms with E-state index in [0.29, 0.717) is 10.7 Å². The van der Waals surface area contributed by atoms with Crippen LogP contribution < -0.4 is 5.32 Å². The zero-order valence-corrected chi connectivity index (χ0v) is 14.0. The van der Waals surface area contributed by atoms with Crippen molar-refractivity contribution in [1.29, 1.82) is 0 Å². The van der Waals surface area contributed by atoms with Crippen LogP contribution in [0.5, 0.6) is 0 Å². The number of carbonyl (C=O) groups is 1. The molecule has 0 spiro atoms. The first-order valence-corrected chi connectivity index (χ1v) is 8.58. The Balaban J connectivity index is 1.48. The summed E-state index contributed by atoms with van der Waals surface area (Å²) in [5.74, 6) is -0.172. The minimum Gasteiger partial charge on any atom is -0.324 e. The molecule has 1 amide bonds. The van der Waals surface area contributed by atoms with Crippen LogP contribution in [0.1, 0.15) is 10.4 Å². The van der Waals surface area contributed by atoms with E-state index in [9.17, 15) is 4.79 Å². The molecule has 6 heteroatoms.